The van der Waals surface area contributed by atoms with Crippen LogP contribution in [0.4, 0.5) is 17.1 Å². The molecule has 15 nitrogen and oxygen atoms in total. The van der Waals surface area contributed by atoms with Gasteiger partial charge in [-0.2, -0.15) is 0 Å². The van der Waals surface area contributed by atoms with Crippen LogP contribution in [0.15, 0.2) is 223 Å². The summed E-state index contributed by atoms with van der Waals surface area (Å²) >= 11 is 5.81. The summed E-state index contributed by atoms with van der Waals surface area (Å²) in [6.45, 7) is 3.49. The number of nitrogens with one attached hydrogen (secondary N) is 3. The van der Waals surface area contributed by atoms with Gasteiger partial charge in [0, 0.05) is 41.0 Å². The summed E-state index contributed by atoms with van der Waals surface area (Å²) in [5, 5.41) is 29.1. The fraction of sp³-hybridized carbons (Fsp3) is 0.130. The minimum atomic E-state index is -3.65. The Hall–Kier alpha value is -10.2. The molecule has 0 fully saturated rings. The van der Waals surface area contributed by atoms with Crippen molar-refractivity contribution in [2.24, 2.45) is 0 Å². The van der Waals surface area contributed by atoms with Gasteiger partial charge in [0.2, 0.25) is 17.7 Å². The Morgan fingerprint density at radius 1 is 0.570 bits per heavy atom. The molecule has 0 aliphatic carbocycles. The molecule has 86 heavy (non-hydrogen) atoms. The van der Waals surface area contributed by atoms with Crippen molar-refractivity contribution in [3.63, 3.8) is 0 Å². The summed E-state index contributed by atoms with van der Waals surface area (Å²) < 4.78 is 37.1. The molecule has 0 saturated carbocycles. The maximum absolute atomic E-state index is 13.3. The number of carboxylic acids is 2. The molecule has 1 unspecified atom stereocenters. The highest BCUT2D eigenvalue weighted by Gasteiger charge is 2.23. The van der Waals surface area contributed by atoms with Gasteiger partial charge in [-0.25, -0.2) is 22.8 Å². The number of carbonyl (C=O) groups is 6. The lowest BCUT2D eigenvalue weighted by molar-refractivity contribution is -0.117. The molecule has 438 valence electrons. The number of amides is 3. The Kier molecular flexibility index (Phi) is 22.8. The number of halogens is 1. The van der Waals surface area contributed by atoms with E-state index in [0.717, 1.165) is 33.0 Å². The number of fused-ring (bicyclic) bond motifs is 1. The fourth-order valence-corrected chi connectivity index (χ4v) is 10.4. The third-order valence-electron chi connectivity index (χ3n) is 13.4. The van der Waals surface area contributed by atoms with Crippen molar-refractivity contribution in [2.45, 2.75) is 50.3 Å². The number of esters is 1. The van der Waals surface area contributed by atoms with Crippen LogP contribution in [-0.2, 0) is 35.4 Å². The molecule has 1 atom stereocenters. The Morgan fingerprint density at radius 3 is 1.76 bits per heavy atom. The summed E-state index contributed by atoms with van der Waals surface area (Å²) in [6.07, 6.45) is 4.49. The lowest BCUT2D eigenvalue weighted by Gasteiger charge is -2.18. The van der Waals surface area contributed by atoms with Crippen LogP contribution in [0.3, 0.4) is 0 Å². The molecule has 0 saturated heterocycles. The zero-order valence-electron chi connectivity index (χ0n) is 47.2. The molecule has 17 heteroatoms. The highest BCUT2D eigenvalue weighted by Crippen LogP contribution is 2.31. The molecule has 0 radical (unpaired) electrons. The first-order chi connectivity index (χ1) is 41.3. The quantitative estimate of drug-likeness (QED) is 0.0354. The number of hydrogen-bond acceptors (Lipinski definition) is 10. The number of aryl methyl sites for hydroxylation is 3. The summed E-state index contributed by atoms with van der Waals surface area (Å²) in [5.41, 5.74) is 6.76. The molecular weight excluding hydrogens is 1130 g/mol. The van der Waals surface area contributed by atoms with Gasteiger partial charge < -0.3 is 35.6 Å². The molecule has 3 amide bonds. The van der Waals surface area contributed by atoms with Gasteiger partial charge in [-0.3, -0.25) is 14.4 Å². The Morgan fingerprint density at radius 2 is 1.14 bits per heavy atom. The number of methoxy groups -OCH3 is 1. The minimum Gasteiger partial charge on any atom is -0.478 e. The van der Waals surface area contributed by atoms with Crippen molar-refractivity contribution in [3.8, 4) is 11.5 Å². The number of anilines is 3. The van der Waals surface area contributed by atoms with Gasteiger partial charge >= 0.3 is 17.9 Å². The van der Waals surface area contributed by atoms with Crippen LogP contribution in [0.25, 0.3) is 16.8 Å². The number of hydrogen-bond donors (Lipinski definition) is 5. The fourth-order valence-electron chi connectivity index (χ4n) is 8.85. The van der Waals surface area contributed by atoms with Gasteiger partial charge in [-0.1, -0.05) is 115 Å². The van der Waals surface area contributed by atoms with E-state index in [9.17, 15) is 37.2 Å². The average Bonchev–Trinajstić information content (AvgIpc) is 3.49. The van der Waals surface area contributed by atoms with Crippen molar-refractivity contribution >= 4 is 91.0 Å². The van der Waals surface area contributed by atoms with Crippen molar-refractivity contribution in [2.75, 3.05) is 28.8 Å². The second kappa shape index (κ2) is 30.9. The number of aromatic carboxylic acids is 2. The first-order valence-corrected chi connectivity index (χ1v) is 29.1. The first kappa shape index (κ1) is 63.4. The van der Waals surface area contributed by atoms with Gasteiger partial charge in [0.25, 0.3) is 0 Å². The Balaban J connectivity index is 0.000000203. The van der Waals surface area contributed by atoms with Gasteiger partial charge in [0.1, 0.15) is 11.5 Å². The predicted molar refractivity (Wildman–Crippen MR) is 336 cm³/mol. The molecular formula is C69H62ClN3O12S. The Bertz CT molecular complexity index is 3970. The highest BCUT2D eigenvalue weighted by atomic mass is 35.5. The van der Waals surface area contributed by atoms with Gasteiger partial charge in [-0.05, 0) is 186 Å². The molecule has 0 aliphatic heterocycles. The second-order valence-electron chi connectivity index (χ2n) is 19.7. The van der Waals surface area contributed by atoms with Crippen molar-refractivity contribution in [3.05, 3.63) is 268 Å². The maximum atomic E-state index is 13.3. The van der Waals surface area contributed by atoms with Crippen molar-refractivity contribution < 1.29 is 56.9 Å². The topological polar surface area (TPSA) is 232 Å². The zero-order chi connectivity index (χ0) is 61.6. The van der Waals surface area contributed by atoms with E-state index < -0.39 is 27.7 Å². The van der Waals surface area contributed by atoms with E-state index in [2.05, 4.69) is 20.7 Å². The van der Waals surface area contributed by atoms with E-state index in [1.807, 2.05) is 115 Å². The number of sulfone groups is 1. The number of carbonyl (C=O) groups excluding carboxylic acids is 4. The first-order valence-electron chi connectivity index (χ1n) is 27.1. The summed E-state index contributed by atoms with van der Waals surface area (Å²) in [5.74, 6) is -2.39. The third-order valence-corrected chi connectivity index (χ3v) is 15.4. The molecule has 0 heterocycles. The Labute approximate surface area is 503 Å². The van der Waals surface area contributed by atoms with Crippen LogP contribution < -0.4 is 20.7 Å². The highest BCUT2D eigenvalue weighted by molar-refractivity contribution is 7.91. The SMILES string of the molecule is COC(=O)c1ccc(NC(=O)/C=C/c2ccc(Cl)cc2)cc1C.Cc1cc(NC(=O)CCc2ccccc2)ccc1C(=O)O.O=C(CC(CCS(=O)(=O)c1ccc(Oc2ccccc2)cc1)c1ccc2ccccc2c1)Nc1ccc(C(=O)O)cc1. The number of benzene rings is 9. The number of carboxylic acid groups (broad SMARTS) is 2. The molecule has 0 bridgehead atoms. The van der Waals surface area contributed by atoms with Crippen molar-refractivity contribution in [1.82, 2.24) is 0 Å². The summed E-state index contributed by atoms with van der Waals surface area (Å²) in [7, 11) is -2.31. The van der Waals surface area contributed by atoms with Crippen LogP contribution in [0.1, 0.15) is 84.1 Å². The van der Waals surface area contributed by atoms with Gasteiger partial charge in [0.05, 0.1) is 34.4 Å². The normalized spacial score (nSPS) is 11.2. The van der Waals surface area contributed by atoms with E-state index in [4.69, 9.17) is 26.6 Å². The second-order valence-corrected chi connectivity index (χ2v) is 22.2. The standard InChI is InChI=1S/C34H29NO6S.C18H16ClNO3.C17H17NO3/c36-33(35-29-14-12-25(13-15-29)34(37)38)23-28(27-11-10-24-6-4-5-7-26(24)22-27)20-21-42(39,40)32-18-16-31(17-19-32)41-30-8-2-1-3-9-30;1-12-11-15(8-9-16(12)18(22)23-2)20-17(21)10-5-13-3-6-14(19)7-4-13;1-12-11-14(8-9-15(12)17(20)21)18-16(19)10-7-13-5-3-2-4-6-13/h1-19,22,28H,20-21,23H2,(H,35,36)(H,37,38);3-11H,1-2H3,(H,20,21);2-6,8-9,11H,7,10H2,1H3,(H,18,19)(H,20,21)/b;10-5+;. The zero-order valence-corrected chi connectivity index (χ0v) is 48.8. The van der Waals surface area contributed by atoms with Crippen LogP contribution in [0, 0.1) is 13.8 Å². The minimum absolute atomic E-state index is 0.0540. The van der Waals surface area contributed by atoms with E-state index in [1.165, 1.54) is 55.7 Å². The molecule has 9 aromatic carbocycles. The molecule has 0 aliphatic rings. The van der Waals surface area contributed by atoms with Crippen molar-refractivity contribution in [1.29, 1.82) is 0 Å². The number of ether oxygens (including phenoxy) is 2. The summed E-state index contributed by atoms with van der Waals surface area (Å²) in [6, 6.07) is 62.0. The van der Waals surface area contributed by atoms with Crippen LogP contribution in [0.2, 0.25) is 5.02 Å². The smallest absolute Gasteiger partial charge is 0.338 e. The van der Waals surface area contributed by atoms with E-state index >= 15 is 0 Å². The van der Waals surface area contributed by atoms with Gasteiger partial charge in [0.15, 0.2) is 9.84 Å². The lowest BCUT2D eigenvalue weighted by atomic mass is 9.91. The third kappa shape index (κ3) is 19.5. The lowest BCUT2D eigenvalue weighted by Crippen LogP contribution is -2.18. The van der Waals surface area contributed by atoms with Crippen LogP contribution >= 0.6 is 11.6 Å². The van der Waals surface area contributed by atoms with E-state index in [-0.39, 0.29) is 58.3 Å². The molecule has 0 spiro atoms. The van der Waals surface area contributed by atoms with E-state index in [1.54, 1.807) is 74.5 Å². The molecule has 0 aromatic heterocycles. The van der Waals surface area contributed by atoms with Crippen LogP contribution in [0.5, 0.6) is 11.5 Å². The molecule has 9 rings (SSSR count). The van der Waals surface area contributed by atoms with E-state index in [0.29, 0.717) is 57.6 Å². The molecule has 9 aromatic rings. The largest absolute Gasteiger partial charge is 0.478 e. The number of para-hydroxylation sites is 1. The average molecular weight is 1190 g/mol. The predicted octanol–water partition coefficient (Wildman–Crippen LogP) is 14.7. The molecule has 5 N–H and O–H groups in total. The number of rotatable bonds is 20. The monoisotopic (exact) mass is 1190 g/mol. The summed E-state index contributed by atoms with van der Waals surface area (Å²) in [4.78, 5) is 70.6. The van der Waals surface area contributed by atoms with Crippen LogP contribution in [-0.4, -0.2) is 67.1 Å². The van der Waals surface area contributed by atoms with Gasteiger partial charge in [-0.15, -0.1) is 0 Å². The maximum Gasteiger partial charge on any atom is 0.338 e.